The number of unbranched alkanes of at least 4 members (excludes halogenated alkanes) is 1. The predicted octanol–water partition coefficient (Wildman–Crippen LogP) is 0.889. The van der Waals surface area contributed by atoms with Gasteiger partial charge in [0.15, 0.2) is 0 Å². The zero-order valence-corrected chi connectivity index (χ0v) is 11.8. The normalized spacial score (nSPS) is 12.8. The molecule has 0 atom stereocenters. The third-order valence-electron chi connectivity index (χ3n) is 1.81. The maximum absolute atomic E-state index is 11.2. The summed E-state index contributed by atoms with van der Waals surface area (Å²) in [4.78, 5) is 0. The Balaban J connectivity index is 3.85. The van der Waals surface area contributed by atoms with Crippen molar-refractivity contribution in [3.05, 3.63) is 0 Å². The van der Waals surface area contributed by atoms with E-state index in [1.807, 2.05) is 6.92 Å². The molecule has 0 radical (unpaired) electrons. The first kappa shape index (κ1) is 16.8. The highest BCUT2D eigenvalue weighted by atomic mass is 32.2. The van der Waals surface area contributed by atoms with E-state index >= 15 is 0 Å². The summed E-state index contributed by atoms with van der Waals surface area (Å²) in [5.41, 5.74) is 0. The van der Waals surface area contributed by atoms with E-state index < -0.39 is 20.2 Å². The summed E-state index contributed by atoms with van der Waals surface area (Å²) >= 11 is 0. The minimum atomic E-state index is -3.55. The largest absolute Gasteiger partial charge is 0.268 e. The van der Waals surface area contributed by atoms with Gasteiger partial charge in [-0.25, -0.2) is 0 Å². The summed E-state index contributed by atoms with van der Waals surface area (Å²) < 4.78 is 53.8. The van der Waals surface area contributed by atoms with Crippen LogP contribution >= 0.6 is 0 Å². The summed E-state index contributed by atoms with van der Waals surface area (Å²) in [5, 5.41) is 0. The molecule has 0 aromatic heterocycles. The zero-order chi connectivity index (χ0) is 13.4. The summed E-state index contributed by atoms with van der Waals surface area (Å²) in [7, 11) is -7.09. The molecule has 17 heavy (non-hydrogen) atoms. The molecule has 0 aromatic carbocycles. The Hall–Kier alpha value is -0.180. The van der Waals surface area contributed by atoms with E-state index in [1.165, 1.54) is 0 Å². The van der Waals surface area contributed by atoms with E-state index in [0.717, 1.165) is 6.42 Å². The lowest BCUT2D eigenvalue weighted by molar-refractivity contribution is 0.224. The van der Waals surface area contributed by atoms with Crippen molar-refractivity contribution in [1.82, 2.24) is 0 Å². The number of rotatable bonds is 10. The van der Waals surface area contributed by atoms with Crippen molar-refractivity contribution in [3.8, 4) is 0 Å². The number of hydrogen-bond donors (Lipinski definition) is 0. The van der Waals surface area contributed by atoms with Crippen LogP contribution in [0.3, 0.4) is 0 Å². The van der Waals surface area contributed by atoms with Gasteiger partial charge >= 0.3 is 0 Å². The lowest BCUT2D eigenvalue weighted by atomic mass is 10.4. The first-order valence-corrected chi connectivity index (χ1v) is 8.72. The van der Waals surface area contributed by atoms with Crippen LogP contribution in [0.2, 0.25) is 0 Å². The van der Waals surface area contributed by atoms with Crippen LogP contribution in [0, 0.1) is 0 Å². The van der Waals surface area contributed by atoms with Gasteiger partial charge in [0.05, 0.1) is 24.7 Å². The van der Waals surface area contributed by atoms with Crippen LogP contribution in [-0.2, 0) is 28.6 Å². The summed E-state index contributed by atoms with van der Waals surface area (Å²) in [6, 6.07) is 0. The predicted molar refractivity (Wildman–Crippen MR) is 64.7 cm³/mol. The van der Waals surface area contributed by atoms with Crippen LogP contribution in [0.25, 0.3) is 0 Å². The van der Waals surface area contributed by atoms with Crippen molar-refractivity contribution in [2.45, 2.75) is 33.1 Å². The highest BCUT2D eigenvalue weighted by Gasteiger charge is 2.12. The van der Waals surface area contributed by atoms with Gasteiger partial charge in [-0.15, -0.1) is 0 Å². The van der Waals surface area contributed by atoms with Crippen LogP contribution in [-0.4, -0.2) is 41.6 Å². The van der Waals surface area contributed by atoms with Gasteiger partial charge in [-0.2, -0.15) is 16.8 Å². The minimum absolute atomic E-state index is 0.0504. The first-order chi connectivity index (χ1) is 7.83. The van der Waals surface area contributed by atoms with Crippen LogP contribution in [0.5, 0.6) is 0 Å². The second kappa shape index (κ2) is 8.02. The molecule has 0 rings (SSSR count). The molecule has 0 bridgehead atoms. The summed E-state index contributed by atoms with van der Waals surface area (Å²) in [6.07, 6.45) is 1.74. The van der Waals surface area contributed by atoms with Crippen molar-refractivity contribution < 1.29 is 25.2 Å². The number of hydrogen-bond acceptors (Lipinski definition) is 6. The van der Waals surface area contributed by atoms with Gasteiger partial charge in [-0.1, -0.05) is 20.3 Å². The highest BCUT2D eigenvalue weighted by molar-refractivity contribution is 7.87. The lowest BCUT2D eigenvalue weighted by Crippen LogP contribution is -2.17. The fourth-order valence-electron chi connectivity index (χ4n) is 1.01. The van der Waals surface area contributed by atoms with Crippen molar-refractivity contribution in [2.75, 3.05) is 24.7 Å². The Bertz CT molecular complexity index is 384. The van der Waals surface area contributed by atoms with Crippen molar-refractivity contribution in [3.63, 3.8) is 0 Å². The highest BCUT2D eigenvalue weighted by Crippen LogP contribution is 2.00. The molecule has 0 unspecified atom stereocenters. The third kappa shape index (κ3) is 9.51. The molecule has 0 fully saturated rings. The summed E-state index contributed by atoms with van der Waals surface area (Å²) in [5.74, 6) is -0.124. The molecule has 104 valence electrons. The Morgan fingerprint density at radius 1 is 0.765 bits per heavy atom. The Morgan fingerprint density at radius 2 is 1.24 bits per heavy atom. The smallest absolute Gasteiger partial charge is 0.267 e. The van der Waals surface area contributed by atoms with Crippen LogP contribution in [0.1, 0.15) is 33.1 Å². The molecule has 6 nitrogen and oxygen atoms in total. The maximum atomic E-state index is 11.2. The van der Waals surface area contributed by atoms with Crippen molar-refractivity contribution in [2.24, 2.45) is 0 Å². The van der Waals surface area contributed by atoms with Crippen molar-refractivity contribution in [1.29, 1.82) is 0 Å². The van der Waals surface area contributed by atoms with E-state index in [0.29, 0.717) is 12.8 Å². The Morgan fingerprint density at radius 3 is 1.65 bits per heavy atom. The molecule has 0 spiro atoms. The summed E-state index contributed by atoms with van der Waals surface area (Å²) in [6.45, 7) is 3.05. The Kier molecular flexibility index (Phi) is 7.93. The SMILES string of the molecule is CCCCS(=O)(=O)OCCOS(=O)(=O)CCC. The molecular weight excluding hydrogens is 268 g/mol. The average molecular weight is 288 g/mol. The van der Waals surface area contributed by atoms with Gasteiger partial charge in [0.2, 0.25) is 0 Å². The van der Waals surface area contributed by atoms with Crippen LogP contribution in [0.4, 0.5) is 0 Å². The second-order valence-electron chi connectivity index (χ2n) is 3.52. The average Bonchev–Trinajstić information content (AvgIpc) is 2.22. The first-order valence-electron chi connectivity index (χ1n) is 5.57. The fraction of sp³-hybridized carbons (Fsp3) is 1.00. The van der Waals surface area contributed by atoms with Gasteiger partial charge in [-0.05, 0) is 12.8 Å². The molecule has 0 heterocycles. The van der Waals surface area contributed by atoms with Crippen molar-refractivity contribution >= 4 is 20.2 Å². The van der Waals surface area contributed by atoms with Gasteiger partial charge < -0.3 is 0 Å². The molecule has 0 amide bonds. The second-order valence-corrected chi connectivity index (χ2v) is 7.04. The minimum Gasteiger partial charge on any atom is -0.268 e. The fourth-order valence-corrected chi connectivity index (χ4v) is 3.03. The van der Waals surface area contributed by atoms with Gasteiger partial charge in [-0.3, -0.25) is 8.37 Å². The Labute approximate surface area is 104 Å². The molecule has 0 saturated heterocycles. The molecule has 0 aliphatic carbocycles. The van der Waals surface area contributed by atoms with E-state index in [2.05, 4.69) is 8.37 Å². The molecular formula is C9H20O6S2. The molecule has 8 heteroatoms. The van der Waals surface area contributed by atoms with E-state index in [-0.39, 0.29) is 24.7 Å². The van der Waals surface area contributed by atoms with E-state index in [4.69, 9.17) is 0 Å². The van der Waals surface area contributed by atoms with Gasteiger partial charge in [0, 0.05) is 0 Å². The maximum Gasteiger partial charge on any atom is 0.267 e. The monoisotopic (exact) mass is 288 g/mol. The standard InChI is InChI=1S/C9H20O6S2/c1-3-5-9-17(12,13)15-7-6-14-16(10,11)8-4-2/h3-9H2,1-2H3. The van der Waals surface area contributed by atoms with Crippen LogP contribution in [0.15, 0.2) is 0 Å². The van der Waals surface area contributed by atoms with Gasteiger partial charge in [0.25, 0.3) is 20.2 Å². The lowest BCUT2D eigenvalue weighted by Gasteiger charge is -2.06. The van der Waals surface area contributed by atoms with Crippen LogP contribution < -0.4 is 0 Å². The third-order valence-corrected chi connectivity index (χ3v) is 4.56. The topological polar surface area (TPSA) is 86.7 Å². The zero-order valence-electron chi connectivity index (χ0n) is 10.2. The van der Waals surface area contributed by atoms with E-state index in [9.17, 15) is 16.8 Å². The molecule has 0 aliphatic rings. The molecule has 0 N–H and O–H groups in total. The van der Waals surface area contributed by atoms with Gasteiger partial charge in [0.1, 0.15) is 0 Å². The molecule has 0 saturated carbocycles. The molecule has 0 aliphatic heterocycles. The van der Waals surface area contributed by atoms with E-state index in [1.54, 1.807) is 6.92 Å². The quantitative estimate of drug-likeness (QED) is 0.438. The molecule has 0 aromatic rings.